The average molecular weight is 378 g/mol. The van der Waals surface area contributed by atoms with Crippen molar-refractivity contribution in [3.63, 3.8) is 0 Å². The third-order valence-corrected chi connectivity index (χ3v) is 3.95. The van der Waals surface area contributed by atoms with Crippen LogP contribution < -0.4 is 15.4 Å². The number of benzene rings is 2. The molecule has 0 aliphatic carbocycles. The summed E-state index contributed by atoms with van der Waals surface area (Å²) in [5.41, 5.74) is 3.23. The van der Waals surface area contributed by atoms with Gasteiger partial charge < -0.3 is 20.1 Å². The molecule has 0 unspecified atom stereocenters. The van der Waals surface area contributed by atoms with Gasteiger partial charge in [-0.1, -0.05) is 6.07 Å². The number of carbonyl (C=O) groups is 1. The highest BCUT2D eigenvalue weighted by Gasteiger charge is 2.08. The van der Waals surface area contributed by atoms with Crippen molar-refractivity contribution in [3.8, 4) is 5.75 Å². The van der Waals surface area contributed by atoms with Crippen molar-refractivity contribution in [2.45, 2.75) is 13.8 Å². The van der Waals surface area contributed by atoms with Gasteiger partial charge in [0.25, 0.3) is 0 Å². The number of methoxy groups -OCH3 is 1. The first-order chi connectivity index (χ1) is 13.6. The molecule has 3 aromatic rings. The minimum absolute atomic E-state index is 0.338. The Balaban J connectivity index is 1.73. The van der Waals surface area contributed by atoms with E-state index in [0.29, 0.717) is 23.8 Å². The zero-order chi connectivity index (χ0) is 19.9. The third-order valence-electron chi connectivity index (χ3n) is 3.95. The van der Waals surface area contributed by atoms with Gasteiger partial charge in [0, 0.05) is 11.8 Å². The van der Waals surface area contributed by atoms with Gasteiger partial charge in [0.1, 0.15) is 23.7 Å². The molecule has 0 spiro atoms. The Labute approximate surface area is 163 Å². The molecular weight excluding hydrogens is 356 g/mol. The van der Waals surface area contributed by atoms with Crippen LogP contribution in [0.25, 0.3) is 0 Å². The van der Waals surface area contributed by atoms with E-state index in [-0.39, 0.29) is 5.97 Å². The fourth-order valence-corrected chi connectivity index (χ4v) is 2.60. The molecule has 1 heterocycles. The minimum Gasteiger partial charge on any atom is -0.495 e. The molecule has 0 fully saturated rings. The first-order valence-corrected chi connectivity index (χ1v) is 8.87. The number of nitrogens with one attached hydrogen (secondary N) is 2. The van der Waals surface area contributed by atoms with E-state index in [1.807, 2.05) is 25.1 Å². The summed E-state index contributed by atoms with van der Waals surface area (Å²) in [7, 11) is 1.63. The van der Waals surface area contributed by atoms with Gasteiger partial charge in [0.2, 0.25) is 0 Å². The standard InChI is InChI=1S/C21H22N4O3/c1-4-28-21(26)15-6-8-16(9-7-15)24-19-12-20(23-13-22-19)25-17-11-14(2)5-10-18(17)27-3/h5-13H,4H2,1-3H3,(H2,22,23,24,25). The summed E-state index contributed by atoms with van der Waals surface area (Å²) in [6.07, 6.45) is 1.47. The van der Waals surface area contributed by atoms with E-state index >= 15 is 0 Å². The Morgan fingerprint density at radius 1 is 1.00 bits per heavy atom. The van der Waals surface area contributed by atoms with Gasteiger partial charge in [0.05, 0.1) is 25.0 Å². The van der Waals surface area contributed by atoms with Gasteiger partial charge in [-0.15, -0.1) is 0 Å². The topological polar surface area (TPSA) is 85.4 Å². The highest BCUT2D eigenvalue weighted by molar-refractivity contribution is 5.89. The summed E-state index contributed by atoms with van der Waals surface area (Å²) < 4.78 is 10.4. The summed E-state index contributed by atoms with van der Waals surface area (Å²) in [5, 5.41) is 6.44. The monoisotopic (exact) mass is 378 g/mol. The number of nitrogens with zero attached hydrogens (tertiary/aromatic N) is 2. The Morgan fingerprint density at radius 2 is 1.71 bits per heavy atom. The molecule has 0 bridgehead atoms. The van der Waals surface area contributed by atoms with Crippen LogP contribution in [0.4, 0.5) is 23.0 Å². The number of hydrogen-bond donors (Lipinski definition) is 2. The van der Waals surface area contributed by atoms with Crippen molar-refractivity contribution < 1.29 is 14.3 Å². The van der Waals surface area contributed by atoms with Gasteiger partial charge in [-0.2, -0.15) is 0 Å². The van der Waals surface area contributed by atoms with Crippen molar-refractivity contribution >= 4 is 29.0 Å². The summed E-state index contributed by atoms with van der Waals surface area (Å²) in [5.74, 6) is 1.64. The molecule has 0 radical (unpaired) electrons. The number of rotatable bonds is 7. The van der Waals surface area contributed by atoms with Crippen LogP contribution in [0, 0.1) is 6.92 Å². The number of esters is 1. The molecule has 0 amide bonds. The van der Waals surface area contributed by atoms with Gasteiger partial charge in [0.15, 0.2) is 0 Å². The van der Waals surface area contributed by atoms with Gasteiger partial charge in [-0.05, 0) is 55.8 Å². The van der Waals surface area contributed by atoms with Crippen molar-refractivity contribution in [1.82, 2.24) is 9.97 Å². The van der Waals surface area contributed by atoms with Crippen molar-refractivity contribution in [1.29, 1.82) is 0 Å². The predicted molar refractivity (Wildman–Crippen MR) is 109 cm³/mol. The lowest BCUT2D eigenvalue weighted by molar-refractivity contribution is 0.0526. The Bertz CT molecular complexity index is 958. The van der Waals surface area contributed by atoms with Crippen LogP contribution >= 0.6 is 0 Å². The minimum atomic E-state index is -0.338. The fourth-order valence-electron chi connectivity index (χ4n) is 2.60. The molecule has 28 heavy (non-hydrogen) atoms. The molecule has 0 aliphatic heterocycles. The number of carbonyl (C=O) groups excluding carboxylic acids is 1. The maximum atomic E-state index is 11.7. The molecule has 0 saturated carbocycles. The maximum Gasteiger partial charge on any atom is 0.338 e. The molecule has 1 aromatic heterocycles. The van der Waals surface area contributed by atoms with Gasteiger partial charge in [-0.3, -0.25) is 0 Å². The van der Waals surface area contributed by atoms with E-state index < -0.39 is 0 Å². The second kappa shape index (κ2) is 8.85. The van der Waals surface area contributed by atoms with E-state index in [2.05, 4.69) is 20.6 Å². The van der Waals surface area contributed by atoms with E-state index in [1.54, 1.807) is 44.4 Å². The van der Waals surface area contributed by atoms with E-state index in [1.165, 1.54) is 6.33 Å². The maximum absolute atomic E-state index is 11.7. The second-order valence-electron chi connectivity index (χ2n) is 6.04. The van der Waals surface area contributed by atoms with E-state index in [4.69, 9.17) is 9.47 Å². The lowest BCUT2D eigenvalue weighted by atomic mass is 10.2. The van der Waals surface area contributed by atoms with Crippen molar-refractivity contribution in [2.75, 3.05) is 24.4 Å². The summed E-state index contributed by atoms with van der Waals surface area (Å²) in [6, 6.07) is 14.7. The third kappa shape index (κ3) is 4.76. The molecule has 7 nitrogen and oxygen atoms in total. The largest absolute Gasteiger partial charge is 0.495 e. The number of anilines is 4. The van der Waals surface area contributed by atoms with Crippen LogP contribution in [0.15, 0.2) is 54.9 Å². The molecular formula is C21H22N4O3. The van der Waals surface area contributed by atoms with Crippen LogP contribution in [0.1, 0.15) is 22.8 Å². The van der Waals surface area contributed by atoms with Crippen LogP contribution in [-0.2, 0) is 4.74 Å². The van der Waals surface area contributed by atoms with E-state index in [0.717, 1.165) is 22.7 Å². The van der Waals surface area contributed by atoms with Gasteiger partial charge in [-0.25, -0.2) is 14.8 Å². The number of aryl methyl sites for hydroxylation is 1. The molecule has 7 heteroatoms. The molecule has 2 N–H and O–H groups in total. The van der Waals surface area contributed by atoms with Crippen LogP contribution in [0.2, 0.25) is 0 Å². The zero-order valence-electron chi connectivity index (χ0n) is 16.0. The first-order valence-electron chi connectivity index (χ1n) is 8.87. The molecule has 0 atom stereocenters. The van der Waals surface area contributed by atoms with Crippen molar-refractivity contribution in [3.05, 3.63) is 66.0 Å². The Hall–Kier alpha value is -3.61. The molecule has 0 saturated heterocycles. The summed E-state index contributed by atoms with van der Waals surface area (Å²) in [6.45, 7) is 4.14. The average Bonchev–Trinajstić information content (AvgIpc) is 2.69. The smallest absolute Gasteiger partial charge is 0.338 e. The summed E-state index contributed by atoms with van der Waals surface area (Å²) >= 11 is 0. The molecule has 0 aliphatic rings. The number of aromatic nitrogens is 2. The molecule has 3 rings (SSSR count). The normalized spacial score (nSPS) is 10.2. The predicted octanol–water partition coefficient (Wildman–Crippen LogP) is 4.46. The SMILES string of the molecule is CCOC(=O)c1ccc(Nc2cc(Nc3cc(C)ccc3OC)ncn2)cc1. The van der Waals surface area contributed by atoms with Crippen molar-refractivity contribution in [2.24, 2.45) is 0 Å². The Kier molecular flexibility index (Phi) is 6.06. The Morgan fingerprint density at radius 3 is 2.39 bits per heavy atom. The first kappa shape index (κ1) is 19.2. The quantitative estimate of drug-likeness (QED) is 0.587. The second-order valence-corrected chi connectivity index (χ2v) is 6.04. The van der Waals surface area contributed by atoms with Crippen LogP contribution in [0.5, 0.6) is 5.75 Å². The highest BCUT2D eigenvalue weighted by Crippen LogP contribution is 2.28. The van der Waals surface area contributed by atoms with Gasteiger partial charge >= 0.3 is 5.97 Å². The number of hydrogen-bond acceptors (Lipinski definition) is 7. The fraction of sp³-hybridized carbons (Fsp3) is 0.190. The molecule has 2 aromatic carbocycles. The summed E-state index contributed by atoms with van der Waals surface area (Å²) in [4.78, 5) is 20.2. The van der Waals surface area contributed by atoms with Crippen LogP contribution in [0.3, 0.4) is 0 Å². The number of ether oxygens (including phenoxy) is 2. The molecule has 144 valence electrons. The lowest BCUT2D eigenvalue weighted by Crippen LogP contribution is -2.04. The highest BCUT2D eigenvalue weighted by atomic mass is 16.5. The lowest BCUT2D eigenvalue weighted by Gasteiger charge is -2.12. The zero-order valence-corrected chi connectivity index (χ0v) is 16.0. The van der Waals surface area contributed by atoms with Crippen LogP contribution in [-0.4, -0.2) is 29.7 Å². The van der Waals surface area contributed by atoms with E-state index in [9.17, 15) is 4.79 Å².